The number of aromatic nitrogens is 3. The number of nitrogens with zero attached hydrogens (tertiary/aromatic N) is 3. The monoisotopic (exact) mass is 437 g/mol. The van der Waals surface area contributed by atoms with Crippen LogP contribution < -0.4 is 9.47 Å². The molecule has 1 aliphatic rings. The number of pyridine rings is 1. The zero-order valence-corrected chi connectivity index (χ0v) is 17.7. The van der Waals surface area contributed by atoms with Crippen LogP contribution in [0.3, 0.4) is 0 Å². The molecule has 1 saturated heterocycles. The summed E-state index contributed by atoms with van der Waals surface area (Å²) in [4.78, 5) is 43.4. The van der Waals surface area contributed by atoms with Crippen molar-refractivity contribution in [2.75, 3.05) is 20.8 Å². The molecule has 0 saturated carbocycles. The van der Waals surface area contributed by atoms with Gasteiger partial charge in [-0.15, -0.1) is 0 Å². The zero-order valence-electron chi connectivity index (χ0n) is 17.7. The molecule has 4 atom stereocenters. The lowest BCUT2D eigenvalue weighted by Gasteiger charge is -2.24. The Bertz CT molecular complexity index is 989. The third-order valence-electron chi connectivity index (χ3n) is 4.51. The minimum absolute atomic E-state index is 0.199. The van der Waals surface area contributed by atoms with E-state index in [4.69, 9.17) is 28.4 Å². The second-order valence-corrected chi connectivity index (χ2v) is 6.71. The highest BCUT2D eigenvalue weighted by atomic mass is 16.7. The summed E-state index contributed by atoms with van der Waals surface area (Å²) in [5.41, 5.74) is 0.932. The third-order valence-corrected chi connectivity index (χ3v) is 4.51. The summed E-state index contributed by atoms with van der Waals surface area (Å²) in [7, 11) is 2.90. The van der Waals surface area contributed by atoms with E-state index >= 15 is 0 Å². The lowest BCUT2D eigenvalue weighted by atomic mass is 10.1. The third kappa shape index (κ3) is 4.68. The van der Waals surface area contributed by atoms with Gasteiger partial charge in [0.15, 0.2) is 18.4 Å². The van der Waals surface area contributed by atoms with Crippen molar-refractivity contribution in [2.24, 2.45) is 0 Å². The SMILES string of the molecule is COc1cc2ncn([C@@H]3O[C@H](COC(C)=O)[C@@H](OC(C)=O)[C@H]3OC(C)=O)c2c(OC)n1. The van der Waals surface area contributed by atoms with Gasteiger partial charge in [-0.25, -0.2) is 4.98 Å². The Kier molecular flexibility index (Phi) is 6.59. The molecule has 168 valence electrons. The van der Waals surface area contributed by atoms with Crippen LogP contribution in [0.15, 0.2) is 12.4 Å². The molecule has 0 spiro atoms. The number of fused-ring (bicyclic) bond motifs is 1. The quantitative estimate of drug-likeness (QED) is 0.448. The van der Waals surface area contributed by atoms with Crippen LogP contribution >= 0.6 is 0 Å². The predicted molar refractivity (Wildman–Crippen MR) is 102 cm³/mol. The first-order chi connectivity index (χ1) is 14.7. The molecule has 3 heterocycles. The molecule has 3 rings (SSSR count). The van der Waals surface area contributed by atoms with E-state index in [0.29, 0.717) is 16.9 Å². The standard InChI is InChI=1S/C19H23N3O9/c1-9(23)28-7-13-16(29-10(2)24)17(30-11(3)25)19(31-13)22-8-20-12-6-14(26-4)21-18(27-5)15(12)22/h6,8,13,16-17,19H,7H2,1-5H3/t13-,16-,17-,19-/m1/s1. The average Bonchev–Trinajstić information content (AvgIpc) is 3.26. The maximum absolute atomic E-state index is 11.8. The van der Waals surface area contributed by atoms with Gasteiger partial charge in [0.2, 0.25) is 11.8 Å². The highest BCUT2D eigenvalue weighted by Gasteiger charge is 2.51. The molecule has 12 nitrogen and oxygen atoms in total. The molecule has 0 unspecified atom stereocenters. The Hall–Kier alpha value is -3.41. The molecule has 0 aliphatic carbocycles. The maximum atomic E-state index is 11.8. The first-order valence-corrected chi connectivity index (χ1v) is 9.34. The Balaban J connectivity index is 2.07. The van der Waals surface area contributed by atoms with Gasteiger partial charge >= 0.3 is 17.9 Å². The summed E-state index contributed by atoms with van der Waals surface area (Å²) in [6.45, 7) is 3.47. The Morgan fingerprint density at radius 3 is 2.29 bits per heavy atom. The minimum atomic E-state index is -1.05. The highest BCUT2D eigenvalue weighted by Crippen LogP contribution is 2.38. The van der Waals surface area contributed by atoms with Gasteiger partial charge in [0.05, 0.1) is 26.1 Å². The van der Waals surface area contributed by atoms with Crippen molar-refractivity contribution in [1.82, 2.24) is 14.5 Å². The topological polar surface area (TPSA) is 137 Å². The summed E-state index contributed by atoms with van der Waals surface area (Å²) < 4.78 is 34.0. The Morgan fingerprint density at radius 2 is 1.71 bits per heavy atom. The van der Waals surface area contributed by atoms with E-state index in [1.807, 2.05) is 0 Å². The van der Waals surface area contributed by atoms with Crippen molar-refractivity contribution in [3.05, 3.63) is 12.4 Å². The lowest BCUT2D eigenvalue weighted by molar-refractivity contribution is -0.166. The number of carbonyl (C=O) groups is 3. The molecule has 2 aromatic heterocycles. The molecule has 0 aromatic carbocycles. The van der Waals surface area contributed by atoms with E-state index in [0.717, 1.165) is 0 Å². The van der Waals surface area contributed by atoms with Gasteiger partial charge in [-0.05, 0) is 0 Å². The minimum Gasteiger partial charge on any atom is -0.481 e. The van der Waals surface area contributed by atoms with Gasteiger partial charge < -0.3 is 28.4 Å². The first-order valence-electron chi connectivity index (χ1n) is 9.34. The Labute approximate surface area is 177 Å². The van der Waals surface area contributed by atoms with E-state index in [-0.39, 0.29) is 12.5 Å². The molecule has 2 aromatic rings. The van der Waals surface area contributed by atoms with Crippen LogP contribution in [0.2, 0.25) is 0 Å². The van der Waals surface area contributed by atoms with E-state index < -0.39 is 42.4 Å². The van der Waals surface area contributed by atoms with E-state index in [1.165, 1.54) is 41.3 Å². The van der Waals surface area contributed by atoms with Crippen LogP contribution in [0.1, 0.15) is 27.0 Å². The number of hydrogen-bond acceptors (Lipinski definition) is 11. The number of esters is 3. The molecule has 0 radical (unpaired) electrons. The number of rotatable bonds is 7. The second kappa shape index (κ2) is 9.16. The second-order valence-electron chi connectivity index (χ2n) is 6.71. The summed E-state index contributed by atoms with van der Waals surface area (Å²) in [5.74, 6) is -1.27. The molecular formula is C19H23N3O9. The van der Waals surface area contributed by atoms with Crippen molar-refractivity contribution < 1.29 is 42.8 Å². The molecule has 0 bridgehead atoms. The fourth-order valence-electron chi connectivity index (χ4n) is 3.36. The van der Waals surface area contributed by atoms with Crippen LogP contribution in [-0.2, 0) is 33.3 Å². The van der Waals surface area contributed by atoms with Crippen molar-refractivity contribution in [3.63, 3.8) is 0 Å². The average molecular weight is 437 g/mol. The number of carbonyl (C=O) groups excluding carboxylic acids is 3. The van der Waals surface area contributed by atoms with Crippen LogP contribution in [0.25, 0.3) is 11.0 Å². The molecule has 1 fully saturated rings. The van der Waals surface area contributed by atoms with Gasteiger partial charge in [-0.2, -0.15) is 4.98 Å². The van der Waals surface area contributed by atoms with Crippen molar-refractivity contribution in [3.8, 4) is 11.8 Å². The lowest BCUT2D eigenvalue weighted by Crippen LogP contribution is -2.40. The maximum Gasteiger partial charge on any atom is 0.303 e. The summed E-state index contributed by atoms with van der Waals surface area (Å²) in [5, 5.41) is 0. The number of ether oxygens (including phenoxy) is 6. The molecule has 1 aliphatic heterocycles. The van der Waals surface area contributed by atoms with E-state index in [2.05, 4.69) is 9.97 Å². The molecule has 0 amide bonds. The van der Waals surface area contributed by atoms with E-state index in [9.17, 15) is 14.4 Å². The smallest absolute Gasteiger partial charge is 0.303 e. The molecular weight excluding hydrogens is 414 g/mol. The van der Waals surface area contributed by atoms with Gasteiger partial charge in [-0.1, -0.05) is 0 Å². The van der Waals surface area contributed by atoms with Crippen LogP contribution in [0, 0.1) is 0 Å². The first kappa shape index (κ1) is 22.3. The van der Waals surface area contributed by atoms with E-state index in [1.54, 1.807) is 10.6 Å². The van der Waals surface area contributed by atoms with Gasteiger partial charge in [0.25, 0.3) is 0 Å². The van der Waals surface area contributed by atoms with Gasteiger partial charge in [0, 0.05) is 26.8 Å². The summed E-state index contributed by atoms with van der Waals surface area (Å²) in [6.07, 6.45) is -2.49. The number of hydrogen-bond donors (Lipinski definition) is 0. The van der Waals surface area contributed by atoms with Crippen molar-refractivity contribution in [1.29, 1.82) is 0 Å². The fraction of sp³-hybridized carbons (Fsp3) is 0.526. The number of imidazole rings is 1. The summed E-state index contributed by atoms with van der Waals surface area (Å²) in [6, 6.07) is 1.60. The zero-order chi connectivity index (χ0) is 22.7. The fourth-order valence-corrected chi connectivity index (χ4v) is 3.36. The van der Waals surface area contributed by atoms with Gasteiger partial charge in [-0.3, -0.25) is 19.0 Å². The van der Waals surface area contributed by atoms with Crippen molar-refractivity contribution >= 4 is 28.9 Å². The number of methoxy groups -OCH3 is 2. The van der Waals surface area contributed by atoms with Gasteiger partial charge in [0.1, 0.15) is 18.2 Å². The molecule has 31 heavy (non-hydrogen) atoms. The van der Waals surface area contributed by atoms with Crippen LogP contribution in [-0.4, -0.2) is 71.6 Å². The largest absolute Gasteiger partial charge is 0.481 e. The normalized spacial score (nSPS) is 22.7. The van der Waals surface area contributed by atoms with Crippen molar-refractivity contribution in [2.45, 2.75) is 45.3 Å². The predicted octanol–water partition coefficient (Wildman–Crippen LogP) is 0.772. The Morgan fingerprint density at radius 1 is 1.03 bits per heavy atom. The van der Waals surface area contributed by atoms with Crippen LogP contribution in [0.4, 0.5) is 0 Å². The highest BCUT2D eigenvalue weighted by molar-refractivity contribution is 5.81. The van der Waals surface area contributed by atoms with Crippen LogP contribution in [0.5, 0.6) is 11.8 Å². The molecule has 0 N–H and O–H groups in total. The molecule has 12 heteroatoms. The summed E-state index contributed by atoms with van der Waals surface area (Å²) >= 11 is 0.